The summed E-state index contributed by atoms with van der Waals surface area (Å²) in [5, 5.41) is 3.29. The van der Waals surface area contributed by atoms with E-state index >= 15 is 0 Å². The second-order valence-corrected chi connectivity index (χ2v) is 5.99. The molecule has 1 aromatic heterocycles. The predicted octanol–water partition coefficient (Wildman–Crippen LogP) is 3.14. The molecular formula is C11H14BrNOS. The normalized spacial score (nSPS) is 21.6. The van der Waals surface area contributed by atoms with Crippen LogP contribution in [-0.2, 0) is 0 Å². The van der Waals surface area contributed by atoms with E-state index < -0.39 is 0 Å². The first kappa shape index (κ1) is 11.3. The van der Waals surface area contributed by atoms with Crippen LogP contribution in [0.4, 0.5) is 0 Å². The maximum Gasteiger partial charge on any atom is 0.189 e. The molecular weight excluding hydrogens is 274 g/mol. The lowest BCUT2D eigenvalue weighted by Gasteiger charge is -2.21. The van der Waals surface area contributed by atoms with Gasteiger partial charge in [0, 0.05) is 9.35 Å². The largest absolute Gasteiger partial charge is 0.307 e. The summed E-state index contributed by atoms with van der Waals surface area (Å²) in [4.78, 5) is 14.1. The average molecular weight is 288 g/mol. The number of Topliss-reactive ketones (excluding diaryl/α,β-unsaturated/α-hetero) is 1. The summed E-state index contributed by atoms with van der Waals surface area (Å²) in [5.41, 5.74) is 0. The Morgan fingerprint density at radius 2 is 2.40 bits per heavy atom. The van der Waals surface area contributed by atoms with E-state index in [1.165, 1.54) is 11.3 Å². The summed E-state index contributed by atoms with van der Waals surface area (Å²) < 4.78 is 1.05. The van der Waals surface area contributed by atoms with Crippen LogP contribution >= 0.6 is 27.3 Å². The highest BCUT2D eigenvalue weighted by atomic mass is 79.9. The van der Waals surface area contributed by atoms with Gasteiger partial charge in [-0.25, -0.2) is 0 Å². The van der Waals surface area contributed by atoms with Crippen LogP contribution in [0.1, 0.15) is 33.8 Å². The molecule has 1 N–H and O–H groups in total. The molecule has 4 heteroatoms. The van der Waals surface area contributed by atoms with E-state index in [1.807, 2.05) is 13.0 Å². The summed E-state index contributed by atoms with van der Waals surface area (Å²) in [6, 6.07) is 1.99. The lowest BCUT2D eigenvalue weighted by molar-refractivity contribution is 0.0931. The van der Waals surface area contributed by atoms with Gasteiger partial charge in [0.2, 0.25) is 0 Å². The fourth-order valence-electron chi connectivity index (χ4n) is 1.83. The number of thiophene rings is 1. The molecule has 1 atom stereocenters. The summed E-state index contributed by atoms with van der Waals surface area (Å²) in [7, 11) is 0. The van der Waals surface area contributed by atoms with E-state index in [0.29, 0.717) is 0 Å². The minimum Gasteiger partial charge on any atom is -0.307 e. The molecule has 2 rings (SSSR count). The van der Waals surface area contributed by atoms with Gasteiger partial charge < -0.3 is 5.32 Å². The smallest absolute Gasteiger partial charge is 0.189 e. The van der Waals surface area contributed by atoms with Crippen molar-refractivity contribution in [1.29, 1.82) is 0 Å². The number of aryl methyl sites for hydroxylation is 1. The standard InChI is InChI=1S/C11H14BrNOS/c1-7-8(12)6-10(15-7)11(14)9-4-2-3-5-13-9/h6,9,13H,2-5H2,1H3. The summed E-state index contributed by atoms with van der Waals surface area (Å²) in [5.74, 6) is 0.258. The third-order valence-electron chi connectivity index (χ3n) is 2.73. The molecule has 0 aliphatic carbocycles. The predicted molar refractivity (Wildman–Crippen MR) is 66.7 cm³/mol. The van der Waals surface area contributed by atoms with Gasteiger partial charge in [0.1, 0.15) is 0 Å². The van der Waals surface area contributed by atoms with Crippen LogP contribution in [-0.4, -0.2) is 18.4 Å². The Balaban J connectivity index is 2.12. The van der Waals surface area contributed by atoms with Crippen LogP contribution < -0.4 is 5.32 Å². The van der Waals surface area contributed by atoms with Gasteiger partial charge >= 0.3 is 0 Å². The van der Waals surface area contributed by atoms with E-state index in [0.717, 1.165) is 28.7 Å². The number of hydrogen-bond acceptors (Lipinski definition) is 3. The molecule has 0 bridgehead atoms. The number of hydrogen-bond donors (Lipinski definition) is 1. The fourth-order valence-corrected chi connectivity index (χ4v) is 3.36. The van der Waals surface area contributed by atoms with E-state index in [4.69, 9.17) is 0 Å². The zero-order chi connectivity index (χ0) is 10.8. The van der Waals surface area contributed by atoms with Crippen LogP contribution in [0.3, 0.4) is 0 Å². The molecule has 15 heavy (non-hydrogen) atoms. The molecule has 1 aromatic rings. The number of carbonyl (C=O) groups excluding carboxylic acids is 1. The number of rotatable bonds is 2. The van der Waals surface area contributed by atoms with Crippen LogP contribution in [0.5, 0.6) is 0 Å². The van der Waals surface area contributed by atoms with Crippen molar-refractivity contribution >= 4 is 33.0 Å². The van der Waals surface area contributed by atoms with Crippen molar-refractivity contribution in [2.24, 2.45) is 0 Å². The highest BCUT2D eigenvalue weighted by Gasteiger charge is 2.23. The van der Waals surface area contributed by atoms with Crippen molar-refractivity contribution in [3.8, 4) is 0 Å². The Bertz CT molecular complexity index is 349. The van der Waals surface area contributed by atoms with Gasteiger partial charge in [0.15, 0.2) is 5.78 Å². The van der Waals surface area contributed by atoms with Crippen molar-refractivity contribution in [3.05, 3.63) is 20.3 Å². The molecule has 0 saturated carbocycles. The number of ketones is 1. The number of nitrogens with one attached hydrogen (secondary N) is 1. The van der Waals surface area contributed by atoms with Gasteiger partial charge in [0.25, 0.3) is 0 Å². The third-order valence-corrected chi connectivity index (χ3v) is 4.88. The van der Waals surface area contributed by atoms with Crippen LogP contribution in [0.2, 0.25) is 0 Å². The SMILES string of the molecule is Cc1sc(C(=O)C2CCCCN2)cc1Br. The van der Waals surface area contributed by atoms with E-state index in [-0.39, 0.29) is 11.8 Å². The Morgan fingerprint density at radius 1 is 1.60 bits per heavy atom. The first-order valence-electron chi connectivity index (χ1n) is 5.22. The highest BCUT2D eigenvalue weighted by Crippen LogP contribution is 2.28. The molecule has 1 saturated heterocycles. The monoisotopic (exact) mass is 287 g/mol. The minimum atomic E-state index is 0.0451. The second kappa shape index (κ2) is 4.76. The maximum atomic E-state index is 12.1. The van der Waals surface area contributed by atoms with Crippen molar-refractivity contribution in [2.45, 2.75) is 32.2 Å². The third kappa shape index (κ3) is 2.49. The Kier molecular flexibility index (Phi) is 3.59. The van der Waals surface area contributed by atoms with Gasteiger partial charge in [-0.2, -0.15) is 0 Å². The maximum absolute atomic E-state index is 12.1. The molecule has 1 aliphatic rings. The minimum absolute atomic E-state index is 0.0451. The van der Waals surface area contributed by atoms with Gasteiger partial charge in [-0.1, -0.05) is 6.42 Å². The average Bonchev–Trinajstić information content (AvgIpc) is 2.59. The topological polar surface area (TPSA) is 29.1 Å². The number of piperidine rings is 1. The highest BCUT2D eigenvalue weighted by molar-refractivity contribution is 9.10. The first-order valence-corrected chi connectivity index (χ1v) is 6.83. The van der Waals surface area contributed by atoms with Crippen LogP contribution in [0, 0.1) is 6.92 Å². The van der Waals surface area contributed by atoms with E-state index in [1.54, 1.807) is 11.3 Å². The van der Waals surface area contributed by atoms with Gasteiger partial charge in [0.05, 0.1) is 10.9 Å². The Morgan fingerprint density at radius 3 is 2.93 bits per heavy atom. The van der Waals surface area contributed by atoms with Gasteiger partial charge in [-0.05, 0) is 48.3 Å². The zero-order valence-corrected chi connectivity index (χ0v) is 11.1. The molecule has 0 aromatic carbocycles. The Labute approximate surface area is 102 Å². The molecule has 0 amide bonds. The van der Waals surface area contributed by atoms with Crippen LogP contribution in [0.15, 0.2) is 10.5 Å². The molecule has 1 aliphatic heterocycles. The molecule has 0 spiro atoms. The first-order chi connectivity index (χ1) is 7.18. The quantitative estimate of drug-likeness (QED) is 0.847. The summed E-state index contributed by atoms with van der Waals surface area (Å²) in [6.07, 6.45) is 3.33. The summed E-state index contributed by atoms with van der Waals surface area (Å²) in [6.45, 7) is 3.00. The number of halogens is 1. The molecule has 0 radical (unpaired) electrons. The zero-order valence-electron chi connectivity index (χ0n) is 8.68. The lowest BCUT2D eigenvalue weighted by Crippen LogP contribution is -2.40. The second-order valence-electron chi connectivity index (χ2n) is 3.88. The van der Waals surface area contributed by atoms with Crippen molar-refractivity contribution in [3.63, 3.8) is 0 Å². The van der Waals surface area contributed by atoms with E-state index in [2.05, 4.69) is 21.2 Å². The molecule has 1 fully saturated rings. The lowest BCUT2D eigenvalue weighted by atomic mass is 10.0. The molecule has 2 nitrogen and oxygen atoms in total. The fraction of sp³-hybridized carbons (Fsp3) is 0.545. The number of carbonyl (C=O) groups is 1. The molecule has 1 unspecified atom stereocenters. The Hall–Kier alpha value is -0.190. The molecule has 82 valence electrons. The molecule has 2 heterocycles. The van der Waals surface area contributed by atoms with E-state index in [9.17, 15) is 4.79 Å². The van der Waals surface area contributed by atoms with Crippen molar-refractivity contribution < 1.29 is 4.79 Å². The van der Waals surface area contributed by atoms with Gasteiger partial charge in [-0.15, -0.1) is 11.3 Å². The van der Waals surface area contributed by atoms with Gasteiger partial charge in [-0.3, -0.25) is 4.79 Å². The summed E-state index contributed by atoms with van der Waals surface area (Å²) >= 11 is 5.03. The van der Waals surface area contributed by atoms with Crippen molar-refractivity contribution in [2.75, 3.05) is 6.54 Å². The van der Waals surface area contributed by atoms with Crippen LogP contribution in [0.25, 0.3) is 0 Å². The van der Waals surface area contributed by atoms with Crippen molar-refractivity contribution in [1.82, 2.24) is 5.32 Å².